The van der Waals surface area contributed by atoms with Crippen molar-refractivity contribution in [1.82, 2.24) is 10.2 Å². The second-order valence-electron chi connectivity index (χ2n) is 9.64. The van der Waals surface area contributed by atoms with Gasteiger partial charge in [-0.3, -0.25) is 13.9 Å². The van der Waals surface area contributed by atoms with E-state index in [4.69, 9.17) is 4.74 Å². The van der Waals surface area contributed by atoms with E-state index >= 15 is 0 Å². The maximum Gasteiger partial charge on any atom is 0.244 e. The van der Waals surface area contributed by atoms with Crippen molar-refractivity contribution in [1.29, 1.82) is 0 Å². The first kappa shape index (κ1) is 31.2. The van der Waals surface area contributed by atoms with Gasteiger partial charge in [0.25, 0.3) is 0 Å². The molecule has 0 aliphatic carbocycles. The highest BCUT2D eigenvalue weighted by Crippen LogP contribution is 2.24. The molecule has 8 nitrogen and oxygen atoms in total. The SMILES string of the molecule is CC[C@@H](C)NC(=O)[C@@H](Cc1ccccc1)N(Cc1ccc(Br)cc1)C(=O)CN(c1cccc(OC)c1)S(C)(=O)=O. The van der Waals surface area contributed by atoms with Crippen LogP contribution in [-0.4, -0.2) is 57.1 Å². The van der Waals surface area contributed by atoms with E-state index in [-0.39, 0.29) is 24.9 Å². The second-order valence-corrected chi connectivity index (χ2v) is 12.5. The van der Waals surface area contributed by atoms with E-state index < -0.39 is 28.5 Å². The first-order valence-corrected chi connectivity index (χ1v) is 15.7. The second kappa shape index (κ2) is 14.3. The predicted octanol–water partition coefficient (Wildman–Crippen LogP) is 4.78. The van der Waals surface area contributed by atoms with Gasteiger partial charge in [-0.1, -0.05) is 71.4 Å². The molecule has 0 fully saturated rings. The fraction of sp³-hybridized carbons (Fsp3) is 0.333. The number of hydrogen-bond acceptors (Lipinski definition) is 5. The van der Waals surface area contributed by atoms with Crippen molar-refractivity contribution in [3.05, 3.63) is 94.5 Å². The summed E-state index contributed by atoms with van der Waals surface area (Å²) in [4.78, 5) is 29.3. The van der Waals surface area contributed by atoms with E-state index in [0.29, 0.717) is 11.4 Å². The molecule has 1 N–H and O–H groups in total. The lowest BCUT2D eigenvalue weighted by Gasteiger charge is -2.34. The van der Waals surface area contributed by atoms with Gasteiger partial charge in [-0.05, 0) is 48.7 Å². The summed E-state index contributed by atoms with van der Waals surface area (Å²) in [6, 6.07) is 22.5. The minimum absolute atomic E-state index is 0.0975. The molecule has 3 rings (SSSR count). The molecule has 214 valence electrons. The first-order valence-electron chi connectivity index (χ1n) is 13.0. The van der Waals surface area contributed by atoms with Crippen molar-refractivity contribution in [2.75, 3.05) is 24.2 Å². The topological polar surface area (TPSA) is 96.0 Å². The molecule has 0 unspecified atom stereocenters. The number of amides is 2. The maximum absolute atomic E-state index is 14.1. The largest absolute Gasteiger partial charge is 0.497 e. The van der Waals surface area contributed by atoms with Crippen LogP contribution >= 0.6 is 15.9 Å². The number of halogens is 1. The van der Waals surface area contributed by atoms with Gasteiger partial charge < -0.3 is 15.0 Å². The van der Waals surface area contributed by atoms with Gasteiger partial charge in [-0.25, -0.2) is 8.42 Å². The quantitative estimate of drug-likeness (QED) is 0.294. The number of rotatable bonds is 13. The van der Waals surface area contributed by atoms with E-state index in [1.807, 2.05) is 68.4 Å². The zero-order valence-corrected chi connectivity index (χ0v) is 25.6. The number of carbonyl (C=O) groups is 2. The molecule has 0 aliphatic rings. The van der Waals surface area contributed by atoms with Crippen molar-refractivity contribution < 1.29 is 22.7 Å². The van der Waals surface area contributed by atoms with Gasteiger partial charge in [0.2, 0.25) is 21.8 Å². The van der Waals surface area contributed by atoms with Gasteiger partial charge in [0.1, 0.15) is 18.3 Å². The molecule has 3 aromatic rings. The number of benzene rings is 3. The Morgan fingerprint density at radius 3 is 2.25 bits per heavy atom. The molecule has 0 heterocycles. The van der Waals surface area contributed by atoms with E-state index in [9.17, 15) is 18.0 Å². The van der Waals surface area contributed by atoms with Gasteiger partial charge in [-0.15, -0.1) is 0 Å². The van der Waals surface area contributed by atoms with Crippen LogP contribution in [0.3, 0.4) is 0 Å². The monoisotopic (exact) mass is 629 g/mol. The highest BCUT2D eigenvalue weighted by atomic mass is 79.9. The molecule has 0 saturated heterocycles. The molecule has 0 aliphatic heterocycles. The van der Waals surface area contributed by atoms with Gasteiger partial charge in [0.15, 0.2) is 0 Å². The molecule has 0 bridgehead atoms. The Hall–Kier alpha value is -3.37. The molecule has 40 heavy (non-hydrogen) atoms. The van der Waals surface area contributed by atoms with E-state index in [1.165, 1.54) is 12.0 Å². The summed E-state index contributed by atoms with van der Waals surface area (Å²) in [6.45, 7) is 3.52. The van der Waals surface area contributed by atoms with Crippen LogP contribution in [0.25, 0.3) is 0 Å². The van der Waals surface area contributed by atoms with Crippen molar-refractivity contribution in [3.8, 4) is 5.75 Å². The summed E-state index contributed by atoms with van der Waals surface area (Å²) in [7, 11) is -2.37. The number of nitrogens with zero attached hydrogens (tertiary/aromatic N) is 2. The van der Waals surface area contributed by atoms with Crippen molar-refractivity contribution in [3.63, 3.8) is 0 Å². The van der Waals surface area contributed by atoms with Crippen LogP contribution in [0.15, 0.2) is 83.3 Å². The normalized spacial score (nSPS) is 12.7. The highest BCUT2D eigenvalue weighted by Gasteiger charge is 2.33. The zero-order valence-electron chi connectivity index (χ0n) is 23.2. The Kier molecular flexibility index (Phi) is 11.2. The highest BCUT2D eigenvalue weighted by molar-refractivity contribution is 9.10. The predicted molar refractivity (Wildman–Crippen MR) is 162 cm³/mol. The third kappa shape index (κ3) is 8.82. The zero-order chi connectivity index (χ0) is 29.3. The summed E-state index contributed by atoms with van der Waals surface area (Å²) in [5.74, 6) is -0.340. The minimum Gasteiger partial charge on any atom is -0.497 e. The lowest BCUT2D eigenvalue weighted by molar-refractivity contribution is -0.140. The Balaban J connectivity index is 2.06. The molecular formula is C30H36BrN3O5S. The third-order valence-electron chi connectivity index (χ3n) is 6.56. The van der Waals surface area contributed by atoms with Crippen LogP contribution in [0, 0.1) is 0 Å². The molecule has 3 aromatic carbocycles. The summed E-state index contributed by atoms with van der Waals surface area (Å²) in [5.41, 5.74) is 1.98. The Labute approximate surface area is 245 Å². The molecule has 0 radical (unpaired) electrons. The Bertz CT molecular complexity index is 1380. The van der Waals surface area contributed by atoms with Crippen molar-refractivity contribution >= 4 is 43.5 Å². The molecule has 2 atom stereocenters. The standard InChI is InChI=1S/C30H36BrN3O5S/c1-5-22(2)32-30(36)28(18-23-10-7-6-8-11-23)33(20-24-14-16-25(31)17-15-24)29(35)21-34(40(4,37)38)26-12-9-13-27(19-26)39-3/h6-17,19,22,28H,5,18,20-21H2,1-4H3,(H,32,36)/t22-,28-/m1/s1. The van der Waals surface area contributed by atoms with Crippen molar-refractivity contribution in [2.24, 2.45) is 0 Å². The van der Waals surface area contributed by atoms with Crippen LogP contribution < -0.4 is 14.4 Å². The Morgan fingerprint density at radius 2 is 1.65 bits per heavy atom. The van der Waals surface area contributed by atoms with Gasteiger partial charge >= 0.3 is 0 Å². The Morgan fingerprint density at radius 1 is 0.975 bits per heavy atom. The molecule has 0 aromatic heterocycles. The number of sulfonamides is 1. The number of hydrogen-bond donors (Lipinski definition) is 1. The van der Waals surface area contributed by atoms with E-state index in [2.05, 4.69) is 21.2 Å². The summed E-state index contributed by atoms with van der Waals surface area (Å²) in [6.07, 6.45) is 2.04. The fourth-order valence-electron chi connectivity index (χ4n) is 4.16. The maximum atomic E-state index is 14.1. The lowest BCUT2D eigenvalue weighted by Crippen LogP contribution is -2.54. The number of ether oxygens (including phenoxy) is 1. The lowest BCUT2D eigenvalue weighted by atomic mass is 10.0. The average molecular weight is 631 g/mol. The van der Waals surface area contributed by atoms with E-state index in [1.54, 1.807) is 24.3 Å². The van der Waals surface area contributed by atoms with Crippen molar-refractivity contribution in [2.45, 2.75) is 45.3 Å². The van der Waals surface area contributed by atoms with Gasteiger partial charge in [0, 0.05) is 29.5 Å². The number of nitrogens with one attached hydrogen (secondary N) is 1. The number of carbonyl (C=O) groups excluding carboxylic acids is 2. The summed E-state index contributed by atoms with van der Waals surface area (Å²) >= 11 is 3.44. The fourth-order valence-corrected chi connectivity index (χ4v) is 5.27. The van der Waals surface area contributed by atoms with Gasteiger partial charge in [-0.2, -0.15) is 0 Å². The average Bonchev–Trinajstić information content (AvgIpc) is 2.94. The van der Waals surface area contributed by atoms with Crippen LogP contribution in [0.5, 0.6) is 5.75 Å². The van der Waals surface area contributed by atoms with Gasteiger partial charge in [0.05, 0.1) is 19.1 Å². The molecule has 2 amide bonds. The van der Waals surface area contributed by atoms with Crippen LogP contribution in [-0.2, 0) is 32.6 Å². The first-order chi connectivity index (χ1) is 19.0. The smallest absolute Gasteiger partial charge is 0.244 e. The van der Waals surface area contributed by atoms with Crippen LogP contribution in [0.2, 0.25) is 0 Å². The minimum atomic E-state index is -3.85. The van der Waals surface area contributed by atoms with Crippen LogP contribution in [0.4, 0.5) is 5.69 Å². The number of methoxy groups -OCH3 is 1. The summed E-state index contributed by atoms with van der Waals surface area (Å²) < 4.78 is 33.0. The molecular weight excluding hydrogens is 594 g/mol. The van der Waals surface area contributed by atoms with E-state index in [0.717, 1.165) is 32.6 Å². The number of anilines is 1. The molecule has 0 saturated carbocycles. The van der Waals surface area contributed by atoms with Crippen LogP contribution in [0.1, 0.15) is 31.4 Å². The molecule has 10 heteroatoms. The molecule has 0 spiro atoms. The summed E-state index contributed by atoms with van der Waals surface area (Å²) in [5, 5.41) is 3.02. The third-order valence-corrected chi connectivity index (χ3v) is 8.23.